The molecular formula is C14H18BrClFN. The molecule has 1 fully saturated rings. The maximum absolute atomic E-state index is 14.3. The Labute approximate surface area is 121 Å². The zero-order chi connectivity index (χ0) is 13.1. The van der Waals surface area contributed by atoms with Crippen molar-refractivity contribution in [3.8, 4) is 0 Å². The lowest BCUT2D eigenvalue weighted by molar-refractivity contribution is 0.227. The highest BCUT2D eigenvalue weighted by Crippen LogP contribution is 2.40. The fourth-order valence-electron chi connectivity index (χ4n) is 2.38. The van der Waals surface area contributed by atoms with Gasteiger partial charge in [0.1, 0.15) is 5.82 Å². The van der Waals surface area contributed by atoms with Gasteiger partial charge in [-0.3, -0.25) is 0 Å². The van der Waals surface area contributed by atoms with E-state index in [0.717, 1.165) is 13.0 Å². The first-order chi connectivity index (χ1) is 8.65. The van der Waals surface area contributed by atoms with Gasteiger partial charge in [0.25, 0.3) is 0 Å². The Bertz CT molecular complexity index is 421. The molecule has 1 atom stereocenters. The first-order valence-electron chi connectivity index (χ1n) is 6.52. The molecule has 0 aromatic heterocycles. The molecule has 1 aliphatic rings. The van der Waals surface area contributed by atoms with E-state index >= 15 is 0 Å². The molecule has 1 nitrogen and oxygen atoms in total. The lowest BCUT2D eigenvalue weighted by atomic mass is 9.77. The zero-order valence-corrected chi connectivity index (χ0v) is 12.8. The minimum Gasteiger partial charge on any atom is -0.310 e. The van der Waals surface area contributed by atoms with E-state index in [2.05, 4.69) is 28.2 Å². The summed E-state index contributed by atoms with van der Waals surface area (Å²) >= 11 is 9.23. The number of hydrogen-bond acceptors (Lipinski definition) is 1. The largest absolute Gasteiger partial charge is 0.310 e. The molecule has 1 aromatic carbocycles. The summed E-state index contributed by atoms with van der Waals surface area (Å²) in [6.07, 6.45) is 4.65. The van der Waals surface area contributed by atoms with Crippen LogP contribution in [-0.2, 0) is 0 Å². The first-order valence-corrected chi connectivity index (χ1v) is 7.69. The molecule has 0 aliphatic heterocycles. The van der Waals surface area contributed by atoms with Crippen molar-refractivity contribution < 1.29 is 4.39 Å². The van der Waals surface area contributed by atoms with E-state index < -0.39 is 0 Å². The van der Waals surface area contributed by atoms with Gasteiger partial charge in [0.05, 0.1) is 5.02 Å². The van der Waals surface area contributed by atoms with Gasteiger partial charge in [-0.2, -0.15) is 0 Å². The van der Waals surface area contributed by atoms with E-state index in [1.54, 1.807) is 0 Å². The summed E-state index contributed by atoms with van der Waals surface area (Å²) in [6.45, 7) is 3.03. The van der Waals surface area contributed by atoms with E-state index in [-0.39, 0.29) is 16.9 Å². The minimum absolute atomic E-state index is 0.101. The van der Waals surface area contributed by atoms with Gasteiger partial charge in [-0.1, -0.05) is 31.0 Å². The lowest BCUT2D eigenvalue weighted by Gasteiger charge is -2.35. The van der Waals surface area contributed by atoms with E-state index in [9.17, 15) is 4.39 Å². The van der Waals surface area contributed by atoms with Crippen molar-refractivity contribution in [2.75, 3.05) is 6.54 Å². The molecule has 1 aliphatic carbocycles. The molecule has 0 bridgehead atoms. The number of halogens is 3. The van der Waals surface area contributed by atoms with Crippen LogP contribution in [0.15, 0.2) is 16.6 Å². The Kier molecular flexibility index (Phi) is 5.05. The van der Waals surface area contributed by atoms with E-state index in [0.29, 0.717) is 16.0 Å². The highest BCUT2D eigenvalue weighted by molar-refractivity contribution is 9.10. The van der Waals surface area contributed by atoms with Crippen LogP contribution in [0.1, 0.15) is 44.2 Å². The van der Waals surface area contributed by atoms with Crippen molar-refractivity contribution in [3.05, 3.63) is 33.0 Å². The monoisotopic (exact) mass is 333 g/mol. The fourth-order valence-corrected chi connectivity index (χ4v) is 2.86. The molecule has 4 heteroatoms. The molecule has 0 saturated heterocycles. The van der Waals surface area contributed by atoms with Crippen LogP contribution in [0.2, 0.25) is 5.02 Å². The minimum atomic E-state index is -0.286. The maximum atomic E-state index is 14.3. The number of benzene rings is 1. The van der Waals surface area contributed by atoms with Crippen LogP contribution in [-0.4, -0.2) is 6.54 Å². The molecule has 0 amide bonds. The number of rotatable bonds is 5. The Balaban J connectivity index is 2.26. The van der Waals surface area contributed by atoms with Crippen LogP contribution in [0.3, 0.4) is 0 Å². The van der Waals surface area contributed by atoms with Gasteiger partial charge in [0.15, 0.2) is 0 Å². The van der Waals surface area contributed by atoms with Crippen LogP contribution in [0.5, 0.6) is 0 Å². The van der Waals surface area contributed by atoms with E-state index in [1.165, 1.54) is 19.3 Å². The Morgan fingerprint density at radius 1 is 1.50 bits per heavy atom. The van der Waals surface area contributed by atoms with Crippen molar-refractivity contribution in [3.63, 3.8) is 0 Å². The Hall–Kier alpha value is -0.120. The third kappa shape index (κ3) is 2.89. The molecule has 1 unspecified atom stereocenters. The maximum Gasteiger partial charge on any atom is 0.147 e. The van der Waals surface area contributed by atoms with Crippen molar-refractivity contribution in [2.45, 2.75) is 38.6 Å². The highest BCUT2D eigenvalue weighted by atomic mass is 79.9. The lowest BCUT2D eigenvalue weighted by Crippen LogP contribution is -2.33. The van der Waals surface area contributed by atoms with Gasteiger partial charge in [-0.05, 0) is 53.7 Å². The summed E-state index contributed by atoms with van der Waals surface area (Å²) in [7, 11) is 0. The van der Waals surface area contributed by atoms with Crippen LogP contribution in [0.25, 0.3) is 0 Å². The molecular weight excluding hydrogens is 317 g/mol. The molecule has 1 N–H and O–H groups in total. The number of hydrogen-bond donors (Lipinski definition) is 1. The molecule has 0 radical (unpaired) electrons. The molecule has 1 saturated carbocycles. The van der Waals surface area contributed by atoms with Gasteiger partial charge < -0.3 is 5.32 Å². The highest BCUT2D eigenvalue weighted by Gasteiger charge is 2.30. The quantitative estimate of drug-likeness (QED) is 0.740. The van der Waals surface area contributed by atoms with Crippen molar-refractivity contribution in [1.29, 1.82) is 0 Å². The number of nitrogens with one attached hydrogen (secondary N) is 1. The summed E-state index contributed by atoms with van der Waals surface area (Å²) in [4.78, 5) is 0. The molecule has 18 heavy (non-hydrogen) atoms. The summed E-state index contributed by atoms with van der Waals surface area (Å²) < 4.78 is 14.9. The van der Waals surface area contributed by atoms with Crippen LogP contribution < -0.4 is 5.32 Å². The second kappa shape index (κ2) is 6.36. The third-order valence-electron chi connectivity index (χ3n) is 3.64. The van der Waals surface area contributed by atoms with Gasteiger partial charge in [0, 0.05) is 16.1 Å². The Morgan fingerprint density at radius 2 is 2.22 bits per heavy atom. The van der Waals surface area contributed by atoms with Crippen LogP contribution in [0.4, 0.5) is 4.39 Å². The van der Waals surface area contributed by atoms with Crippen LogP contribution >= 0.6 is 27.5 Å². The van der Waals surface area contributed by atoms with Crippen molar-refractivity contribution in [2.24, 2.45) is 5.92 Å². The first kappa shape index (κ1) is 14.3. The van der Waals surface area contributed by atoms with E-state index in [4.69, 9.17) is 11.6 Å². The molecule has 1 aromatic rings. The van der Waals surface area contributed by atoms with E-state index in [1.807, 2.05) is 12.1 Å². The predicted octanol–water partition coefficient (Wildman–Crippen LogP) is 5.08. The van der Waals surface area contributed by atoms with Crippen LogP contribution in [0, 0.1) is 11.7 Å². The zero-order valence-electron chi connectivity index (χ0n) is 10.5. The smallest absolute Gasteiger partial charge is 0.147 e. The average molecular weight is 335 g/mol. The topological polar surface area (TPSA) is 12.0 Å². The van der Waals surface area contributed by atoms with Gasteiger partial charge >= 0.3 is 0 Å². The van der Waals surface area contributed by atoms with Crippen molar-refractivity contribution in [1.82, 2.24) is 5.32 Å². The fraction of sp³-hybridized carbons (Fsp3) is 0.571. The normalized spacial score (nSPS) is 17.6. The van der Waals surface area contributed by atoms with Gasteiger partial charge in [0.2, 0.25) is 0 Å². The summed E-state index contributed by atoms with van der Waals surface area (Å²) in [5, 5.41) is 3.65. The van der Waals surface area contributed by atoms with Crippen molar-refractivity contribution >= 4 is 27.5 Å². The third-order valence-corrected chi connectivity index (χ3v) is 4.89. The summed E-state index contributed by atoms with van der Waals surface area (Å²) in [5.74, 6) is 0.259. The molecule has 100 valence electrons. The Morgan fingerprint density at radius 3 is 2.78 bits per heavy atom. The molecule has 0 spiro atoms. The second-order valence-corrected chi connectivity index (χ2v) is 6.12. The van der Waals surface area contributed by atoms with Gasteiger partial charge in [-0.25, -0.2) is 4.39 Å². The standard InChI is InChI=1S/C14H18BrClFN/c1-2-8-18-14(9-4-3-5-9)10-6-7-11(15)12(16)13(10)17/h6-7,9,14,18H,2-5,8H2,1H3. The van der Waals surface area contributed by atoms with Gasteiger partial charge in [-0.15, -0.1) is 0 Å². The average Bonchev–Trinajstić information content (AvgIpc) is 2.30. The summed E-state index contributed by atoms with van der Waals surface area (Å²) in [6, 6.07) is 3.78. The second-order valence-electron chi connectivity index (χ2n) is 4.89. The molecule has 0 heterocycles. The summed E-state index contributed by atoms with van der Waals surface area (Å²) in [5.41, 5.74) is 0.710. The molecule has 2 rings (SSSR count). The predicted molar refractivity (Wildman–Crippen MR) is 77.5 cm³/mol. The SMILES string of the molecule is CCCNC(c1ccc(Br)c(Cl)c1F)C1CCC1.